The lowest BCUT2D eigenvalue weighted by molar-refractivity contribution is -0.141. The van der Waals surface area contributed by atoms with E-state index >= 15 is 0 Å². The van der Waals surface area contributed by atoms with E-state index in [-0.39, 0.29) is 12.8 Å². The minimum atomic E-state index is -1.14. The normalized spacial score (nSPS) is 11.8. The largest absolute Gasteiger partial charge is 0.480 e. The van der Waals surface area contributed by atoms with Crippen molar-refractivity contribution in [3.63, 3.8) is 0 Å². The molecule has 5 nitrogen and oxygen atoms in total. The molecule has 0 fully saturated rings. The molecule has 21 heavy (non-hydrogen) atoms. The number of carboxylic acid groups (broad SMARTS) is 1. The van der Waals surface area contributed by atoms with Gasteiger partial charge in [-0.2, -0.15) is 0 Å². The van der Waals surface area contributed by atoms with Crippen LogP contribution in [0, 0.1) is 19.3 Å². The van der Waals surface area contributed by atoms with Crippen molar-refractivity contribution in [3.8, 4) is 12.3 Å². The molecule has 2 rings (SSSR count). The van der Waals surface area contributed by atoms with Gasteiger partial charge in [0.25, 0.3) is 0 Å². The van der Waals surface area contributed by atoms with Crippen LogP contribution >= 0.6 is 0 Å². The van der Waals surface area contributed by atoms with Gasteiger partial charge in [0, 0.05) is 17.4 Å². The lowest BCUT2D eigenvalue weighted by Crippen LogP contribution is -2.41. The molecule has 1 amide bonds. The number of hydrogen-bond donors (Lipinski definition) is 2. The van der Waals surface area contributed by atoms with Crippen molar-refractivity contribution in [3.05, 3.63) is 35.6 Å². The van der Waals surface area contributed by atoms with Gasteiger partial charge in [0.05, 0.1) is 12.7 Å². The lowest BCUT2D eigenvalue weighted by Gasteiger charge is -2.11. The van der Waals surface area contributed by atoms with E-state index in [0.717, 1.165) is 10.9 Å². The number of nitrogens with one attached hydrogen (secondary N) is 1. The quantitative estimate of drug-likeness (QED) is 0.822. The second-order valence-corrected chi connectivity index (χ2v) is 4.80. The highest BCUT2D eigenvalue weighted by Gasteiger charge is 2.19. The molecule has 1 unspecified atom stereocenters. The van der Waals surface area contributed by atoms with Crippen LogP contribution in [0.25, 0.3) is 11.0 Å². The summed E-state index contributed by atoms with van der Waals surface area (Å²) in [5.74, 6) is 0.689. The number of amides is 1. The summed E-state index contributed by atoms with van der Waals surface area (Å²) in [6.45, 7) is 1.95. The minimum Gasteiger partial charge on any atom is -0.480 e. The van der Waals surface area contributed by atoms with Crippen LogP contribution in [0.5, 0.6) is 0 Å². The third-order valence-electron chi connectivity index (χ3n) is 3.12. The van der Waals surface area contributed by atoms with Crippen molar-refractivity contribution in [2.45, 2.75) is 25.8 Å². The molecular formula is C16H15NO4. The molecule has 1 heterocycles. The Kier molecular flexibility index (Phi) is 4.29. The maximum atomic E-state index is 11.9. The third kappa shape index (κ3) is 3.42. The standard InChI is InChI=1S/C16H15NO4/c1-3-4-13(16(19)20)17-15(18)8-11-9-21-14-7-10(2)5-6-12(11)14/h1,5-7,9,13H,4,8H2,2H3,(H,17,18)(H,19,20). The monoisotopic (exact) mass is 285 g/mol. The van der Waals surface area contributed by atoms with E-state index in [1.165, 1.54) is 6.26 Å². The number of hydrogen-bond acceptors (Lipinski definition) is 3. The molecule has 0 aliphatic heterocycles. The van der Waals surface area contributed by atoms with Crippen LogP contribution in [-0.2, 0) is 16.0 Å². The highest BCUT2D eigenvalue weighted by atomic mass is 16.4. The highest BCUT2D eigenvalue weighted by Crippen LogP contribution is 2.22. The van der Waals surface area contributed by atoms with Gasteiger partial charge in [-0.1, -0.05) is 12.1 Å². The number of fused-ring (bicyclic) bond motifs is 1. The van der Waals surface area contributed by atoms with Gasteiger partial charge in [0.1, 0.15) is 11.6 Å². The molecule has 2 N–H and O–H groups in total. The molecule has 1 aromatic heterocycles. The molecule has 108 valence electrons. The summed E-state index contributed by atoms with van der Waals surface area (Å²) < 4.78 is 5.40. The first kappa shape index (κ1) is 14.7. The Balaban J connectivity index is 2.11. The van der Waals surface area contributed by atoms with Crippen molar-refractivity contribution >= 4 is 22.8 Å². The fourth-order valence-corrected chi connectivity index (χ4v) is 2.06. The lowest BCUT2D eigenvalue weighted by atomic mass is 10.1. The van der Waals surface area contributed by atoms with E-state index in [0.29, 0.717) is 11.1 Å². The Morgan fingerprint density at radius 1 is 1.48 bits per heavy atom. The molecule has 0 bridgehead atoms. The first-order chi connectivity index (χ1) is 10.0. The van der Waals surface area contributed by atoms with Gasteiger partial charge in [-0.25, -0.2) is 4.79 Å². The van der Waals surface area contributed by atoms with Crippen LogP contribution in [0.3, 0.4) is 0 Å². The van der Waals surface area contributed by atoms with Gasteiger partial charge in [0.2, 0.25) is 5.91 Å². The van der Waals surface area contributed by atoms with E-state index in [9.17, 15) is 9.59 Å². The van der Waals surface area contributed by atoms with E-state index in [1.807, 2.05) is 25.1 Å². The molecule has 0 aliphatic carbocycles. The summed E-state index contributed by atoms with van der Waals surface area (Å²) in [4.78, 5) is 22.9. The van der Waals surface area contributed by atoms with E-state index < -0.39 is 17.9 Å². The SMILES string of the molecule is C#CCC(NC(=O)Cc1coc2cc(C)ccc12)C(=O)O. The molecule has 0 spiro atoms. The zero-order valence-electron chi connectivity index (χ0n) is 11.6. The number of carbonyl (C=O) groups excluding carboxylic acids is 1. The summed E-state index contributed by atoms with van der Waals surface area (Å²) in [5.41, 5.74) is 2.48. The maximum Gasteiger partial charge on any atom is 0.327 e. The number of benzene rings is 1. The van der Waals surface area contributed by atoms with Gasteiger partial charge < -0.3 is 14.8 Å². The number of carboxylic acids is 1. The average molecular weight is 285 g/mol. The Labute approximate surface area is 121 Å². The number of rotatable bonds is 5. The second kappa shape index (κ2) is 6.14. The fourth-order valence-electron chi connectivity index (χ4n) is 2.06. The Bertz CT molecular complexity index is 723. The van der Waals surface area contributed by atoms with Gasteiger partial charge in [-0.05, 0) is 18.6 Å². The number of carbonyl (C=O) groups is 2. The molecule has 0 radical (unpaired) electrons. The van der Waals surface area contributed by atoms with E-state index in [1.54, 1.807) is 0 Å². The van der Waals surface area contributed by atoms with Gasteiger partial charge >= 0.3 is 5.97 Å². The highest BCUT2D eigenvalue weighted by molar-refractivity contribution is 5.90. The number of terminal acetylenes is 1. The Hall–Kier alpha value is -2.74. The summed E-state index contributed by atoms with van der Waals surface area (Å²) in [6.07, 6.45) is 6.60. The maximum absolute atomic E-state index is 11.9. The molecular weight excluding hydrogens is 270 g/mol. The zero-order valence-corrected chi connectivity index (χ0v) is 11.6. The van der Waals surface area contributed by atoms with E-state index in [4.69, 9.17) is 15.9 Å². The molecule has 0 aliphatic rings. The van der Waals surface area contributed by atoms with E-state index in [2.05, 4.69) is 11.2 Å². The van der Waals surface area contributed by atoms with Gasteiger partial charge in [-0.15, -0.1) is 12.3 Å². The van der Waals surface area contributed by atoms with Crippen molar-refractivity contribution in [1.82, 2.24) is 5.32 Å². The van der Waals surface area contributed by atoms with Crippen LogP contribution in [0.15, 0.2) is 28.9 Å². The third-order valence-corrected chi connectivity index (χ3v) is 3.12. The Morgan fingerprint density at radius 2 is 2.24 bits per heavy atom. The van der Waals surface area contributed by atoms with Crippen molar-refractivity contribution < 1.29 is 19.1 Å². The summed E-state index contributed by atoms with van der Waals surface area (Å²) >= 11 is 0. The number of aliphatic carboxylic acids is 1. The molecule has 0 saturated carbocycles. The Morgan fingerprint density at radius 3 is 2.90 bits per heavy atom. The van der Waals surface area contributed by atoms with Crippen LogP contribution in [0.2, 0.25) is 0 Å². The van der Waals surface area contributed by atoms with Crippen molar-refractivity contribution in [2.75, 3.05) is 0 Å². The zero-order chi connectivity index (χ0) is 15.4. The number of furan rings is 1. The topological polar surface area (TPSA) is 79.5 Å². The predicted octanol–water partition coefficient (Wildman–Crippen LogP) is 1.88. The summed E-state index contributed by atoms with van der Waals surface area (Å²) in [7, 11) is 0. The molecule has 1 atom stereocenters. The summed E-state index contributed by atoms with van der Waals surface area (Å²) in [6, 6.07) is 4.63. The van der Waals surface area contributed by atoms with Crippen LogP contribution < -0.4 is 5.32 Å². The molecule has 0 saturated heterocycles. The molecule has 5 heteroatoms. The average Bonchev–Trinajstić information content (AvgIpc) is 2.80. The molecule has 1 aromatic carbocycles. The number of aryl methyl sites for hydroxylation is 1. The second-order valence-electron chi connectivity index (χ2n) is 4.80. The molecule has 2 aromatic rings. The van der Waals surface area contributed by atoms with Crippen LogP contribution in [0.1, 0.15) is 17.5 Å². The van der Waals surface area contributed by atoms with Crippen molar-refractivity contribution in [1.29, 1.82) is 0 Å². The smallest absolute Gasteiger partial charge is 0.327 e. The first-order valence-electron chi connectivity index (χ1n) is 6.43. The fraction of sp³-hybridized carbons (Fsp3) is 0.250. The van der Waals surface area contributed by atoms with Gasteiger partial charge in [-0.3, -0.25) is 4.79 Å². The summed E-state index contributed by atoms with van der Waals surface area (Å²) in [5, 5.41) is 12.2. The van der Waals surface area contributed by atoms with Crippen LogP contribution in [-0.4, -0.2) is 23.0 Å². The van der Waals surface area contributed by atoms with Crippen molar-refractivity contribution in [2.24, 2.45) is 0 Å². The minimum absolute atomic E-state index is 0.0460. The first-order valence-corrected chi connectivity index (χ1v) is 6.43. The predicted molar refractivity (Wildman–Crippen MR) is 77.7 cm³/mol. The van der Waals surface area contributed by atoms with Crippen LogP contribution in [0.4, 0.5) is 0 Å². The van der Waals surface area contributed by atoms with Gasteiger partial charge in [0.15, 0.2) is 0 Å².